The van der Waals surface area contributed by atoms with Gasteiger partial charge in [0.15, 0.2) is 0 Å². The summed E-state index contributed by atoms with van der Waals surface area (Å²) in [7, 11) is 0. The molecular weight excluding hydrogens is 340 g/mol. The number of anilines is 1. The second-order valence-corrected chi connectivity index (χ2v) is 6.56. The van der Waals surface area contributed by atoms with Crippen LogP contribution in [0, 0.1) is 6.92 Å². The maximum absolute atomic E-state index is 12.6. The first-order valence-corrected chi connectivity index (χ1v) is 8.51. The number of carboxylic acids is 1. The zero-order valence-electron chi connectivity index (χ0n) is 13.8. The number of aryl methyl sites for hydroxylation is 1. The number of hydrogen-bond acceptors (Lipinski definition) is 2. The van der Waals surface area contributed by atoms with Gasteiger partial charge in [0.25, 0.3) is 0 Å². The third kappa shape index (κ3) is 3.61. The number of nitrogens with zero attached hydrogens (tertiary/aromatic N) is 1. The maximum Gasteiger partial charge on any atom is 0.326 e. The summed E-state index contributed by atoms with van der Waals surface area (Å²) in [6.07, 6.45) is 1.16. The van der Waals surface area contributed by atoms with Crippen molar-refractivity contribution in [3.8, 4) is 11.1 Å². The number of carbonyl (C=O) groups is 2. The third-order valence-corrected chi connectivity index (χ3v) is 4.69. The van der Waals surface area contributed by atoms with Crippen molar-refractivity contribution in [3.05, 3.63) is 53.1 Å². The Balaban J connectivity index is 1.92. The number of aliphatic carboxylic acids is 1. The molecule has 0 aliphatic carbocycles. The van der Waals surface area contributed by atoms with Gasteiger partial charge in [0.2, 0.25) is 0 Å². The first-order valence-electron chi connectivity index (χ1n) is 8.13. The largest absolute Gasteiger partial charge is 0.480 e. The molecule has 25 heavy (non-hydrogen) atoms. The molecule has 2 aromatic carbocycles. The number of likely N-dealkylation sites (tertiary alicyclic amines) is 1. The van der Waals surface area contributed by atoms with Gasteiger partial charge in [-0.3, -0.25) is 0 Å². The number of nitrogens with one attached hydrogen (secondary N) is 1. The van der Waals surface area contributed by atoms with Gasteiger partial charge in [-0.05, 0) is 43.0 Å². The molecule has 1 fully saturated rings. The van der Waals surface area contributed by atoms with Gasteiger partial charge >= 0.3 is 12.0 Å². The van der Waals surface area contributed by atoms with E-state index < -0.39 is 18.0 Å². The number of rotatable bonds is 3. The summed E-state index contributed by atoms with van der Waals surface area (Å²) >= 11 is 6.11. The average molecular weight is 359 g/mol. The van der Waals surface area contributed by atoms with E-state index in [4.69, 9.17) is 11.6 Å². The highest BCUT2D eigenvalue weighted by Gasteiger charge is 2.34. The SMILES string of the molecule is Cc1ccccc1-c1ccc(Cl)cc1NC(=O)N1CCCC1C(=O)O. The van der Waals surface area contributed by atoms with Crippen LogP contribution in [0.15, 0.2) is 42.5 Å². The molecule has 1 aliphatic rings. The fourth-order valence-corrected chi connectivity index (χ4v) is 3.36. The monoisotopic (exact) mass is 358 g/mol. The molecule has 0 bridgehead atoms. The molecule has 0 aromatic heterocycles. The van der Waals surface area contributed by atoms with E-state index in [-0.39, 0.29) is 0 Å². The van der Waals surface area contributed by atoms with Crippen molar-refractivity contribution in [2.75, 3.05) is 11.9 Å². The minimum Gasteiger partial charge on any atom is -0.480 e. The van der Waals surface area contributed by atoms with Crippen LogP contribution in [0.4, 0.5) is 10.5 Å². The first-order chi connectivity index (χ1) is 12.0. The van der Waals surface area contributed by atoms with Gasteiger partial charge < -0.3 is 15.3 Å². The molecule has 130 valence electrons. The Hall–Kier alpha value is -2.53. The highest BCUT2D eigenvalue weighted by Crippen LogP contribution is 2.33. The van der Waals surface area contributed by atoms with E-state index in [0.29, 0.717) is 30.1 Å². The van der Waals surface area contributed by atoms with Crippen molar-refractivity contribution in [3.63, 3.8) is 0 Å². The Bertz CT molecular complexity index is 822. The molecule has 0 spiro atoms. The van der Waals surface area contributed by atoms with E-state index in [9.17, 15) is 14.7 Å². The van der Waals surface area contributed by atoms with Crippen LogP contribution in [0.25, 0.3) is 11.1 Å². The lowest BCUT2D eigenvalue weighted by molar-refractivity contribution is -0.141. The predicted octanol–water partition coefficient (Wildman–Crippen LogP) is 4.40. The minimum absolute atomic E-state index is 0.415. The third-order valence-electron chi connectivity index (χ3n) is 4.46. The summed E-state index contributed by atoms with van der Waals surface area (Å²) in [5, 5.41) is 12.6. The fraction of sp³-hybridized carbons (Fsp3) is 0.263. The number of carboxylic acid groups (broad SMARTS) is 1. The van der Waals surface area contributed by atoms with Gasteiger partial charge in [-0.1, -0.05) is 41.9 Å². The number of hydrogen-bond donors (Lipinski definition) is 2. The number of benzene rings is 2. The van der Waals surface area contributed by atoms with Gasteiger partial charge in [-0.2, -0.15) is 0 Å². The molecule has 1 saturated heterocycles. The maximum atomic E-state index is 12.6. The zero-order chi connectivity index (χ0) is 18.0. The Morgan fingerprint density at radius 1 is 1.20 bits per heavy atom. The minimum atomic E-state index is -0.974. The molecule has 2 amide bonds. The van der Waals surface area contributed by atoms with Crippen LogP contribution in [-0.4, -0.2) is 34.6 Å². The molecular formula is C19H19ClN2O3. The van der Waals surface area contributed by atoms with Crippen molar-refractivity contribution in [2.24, 2.45) is 0 Å². The van der Waals surface area contributed by atoms with E-state index in [1.165, 1.54) is 4.90 Å². The molecule has 1 heterocycles. The highest BCUT2D eigenvalue weighted by molar-refractivity contribution is 6.31. The van der Waals surface area contributed by atoms with Crippen LogP contribution in [0.1, 0.15) is 18.4 Å². The number of urea groups is 1. The van der Waals surface area contributed by atoms with Crippen LogP contribution in [0.5, 0.6) is 0 Å². The first kappa shape index (κ1) is 17.3. The van der Waals surface area contributed by atoms with Gasteiger partial charge in [-0.15, -0.1) is 0 Å². The van der Waals surface area contributed by atoms with Crippen molar-refractivity contribution in [1.29, 1.82) is 0 Å². The van der Waals surface area contributed by atoms with Gasteiger partial charge in [0, 0.05) is 17.1 Å². The summed E-state index contributed by atoms with van der Waals surface area (Å²) in [6, 6.07) is 12.0. The van der Waals surface area contributed by atoms with Gasteiger partial charge in [0.1, 0.15) is 6.04 Å². The molecule has 1 unspecified atom stereocenters. The number of amides is 2. The molecule has 0 radical (unpaired) electrons. The van der Waals surface area contributed by atoms with Gasteiger partial charge in [0.05, 0.1) is 5.69 Å². The Labute approximate surface area is 151 Å². The van der Waals surface area contributed by atoms with Crippen molar-refractivity contribution < 1.29 is 14.7 Å². The molecule has 2 N–H and O–H groups in total. The lowest BCUT2D eigenvalue weighted by Gasteiger charge is -2.23. The molecule has 0 saturated carbocycles. The second-order valence-electron chi connectivity index (χ2n) is 6.12. The molecule has 1 atom stereocenters. The summed E-state index contributed by atoms with van der Waals surface area (Å²) in [6.45, 7) is 2.43. The molecule has 3 rings (SSSR count). The van der Waals surface area contributed by atoms with Crippen LogP contribution >= 0.6 is 11.6 Å². The number of carbonyl (C=O) groups excluding carboxylic acids is 1. The van der Waals surface area contributed by atoms with Crippen molar-refractivity contribution in [1.82, 2.24) is 4.90 Å². The molecule has 6 heteroatoms. The normalized spacial score (nSPS) is 16.7. The van der Waals surface area contributed by atoms with E-state index in [2.05, 4.69) is 5.32 Å². The lowest BCUT2D eigenvalue weighted by atomic mass is 9.99. The standard InChI is InChI=1S/C19H19ClN2O3/c1-12-5-2-3-6-14(12)15-9-8-13(20)11-16(15)21-19(25)22-10-4-7-17(22)18(23)24/h2-3,5-6,8-9,11,17H,4,7,10H2,1H3,(H,21,25)(H,23,24). The van der Waals surface area contributed by atoms with Gasteiger partial charge in [-0.25, -0.2) is 9.59 Å². The fourth-order valence-electron chi connectivity index (χ4n) is 3.18. The second kappa shape index (κ2) is 7.15. The summed E-state index contributed by atoms with van der Waals surface area (Å²) in [5.74, 6) is -0.974. The van der Waals surface area contributed by atoms with E-state index in [0.717, 1.165) is 16.7 Å². The number of halogens is 1. The molecule has 1 aliphatic heterocycles. The quantitative estimate of drug-likeness (QED) is 0.854. The van der Waals surface area contributed by atoms with Crippen molar-refractivity contribution >= 4 is 29.3 Å². The molecule has 5 nitrogen and oxygen atoms in total. The Morgan fingerprint density at radius 3 is 2.68 bits per heavy atom. The Morgan fingerprint density at radius 2 is 1.96 bits per heavy atom. The van der Waals surface area contributed by atoms with Crippen LogP contribution in [0.3, 0.4) is 0 Å². The highest BCUT2D eigenvalue weighted by atomic mass is 35.5. The smallest absolute Gasteiger partial charge is 0.326 e. The van der Waals surface area contributed by atoms with E-state index >= 15 is 0 Å². The Kier molecular flexibility index (Phi) is 4.95. The average Bonchev–Trinajstić information content (AvgIpc) is 3.06. The van der Waals surface area contributed by atoms with Crippen LogP contribution in [0.2, 0.25) is 5.02 Å². The lowest BCUT2D eigenvalue weighted by Crippen LogP contribution is -2.42. The van der Waals surface area contributed by atoms with Crippen LogP contribution in [-0.2, 0) is 4.79 Å². The molecule has 2 aromatic rings. The predicted molar refractivity (Wildman–Crippen MR) is 98.0 cm³/mol. The summed E-state index contributed by atoms with van der Waals surface area (Å²) < 4.78 is 0. The topological polar surface area (TPSA) is 69.6 Å². The summed E-state index contributed by atoms with van der Waals surface area (Å²) in [4.78, 5) is 25.3. The zero-order valence-corrected chi connectivity index (χ0v) is 14.6. The summed E-state index contributed by atoms with van der Waals surface area (Å²) in [5.41, 5.74) is 3.49. The van der Waals surface area contributed by atoms with Crippen LogP contribution < -0.4 is 5.32 Å². The van der Waals surface area contributed by atoms with E-state index in [1.54, 1.807) is 12.1 Å². The van der Waals surface area contributed by atoms with E-state index in [1.807, 2.05) is 37.3 Å². The van der Waals surface area contributed by atoms with Crippen molar-refractivity contribution in [2.45, 2.75) is 25.8 Å².